The minimum atomic E-state index is 0.233. The molecule has 0 aliphatic carbocycles. The number of rotatable bonds is 4. The summed E-state index contributed by atoms with van der Waals surface area (Å²) in [6.45, 7) is 9.72. The van der Waals surface area contributed by atoms with Crippen LogP contribution in [0.2, 0.25) is 0 Å². The van der Waals surface area contributed by atoms with E-state index >= 15 is 0 Å². The van der Waals surface area contributed by atoms with Crippen molar-refractivity contribution >= 4 is 11.7 Å². The second-order valence-corrected chi connectivity index (χ2v) is 7.22. The van der Waals surface area contributed by atoms with Crippen molar-refractivity contribution in [1.82, 2.24) is 24.1 Å². The summed E-state index contributed by atoms with van der Waals surface area (Å²) in [6, 6.07) is 4.80. The molecule has 0 atom stereocenters. The molecular formula is C19H27N5O. The Morgan fingerprint density at radius 2 is 2.00 bits per heavy atom. The van der Waals surface area contributed by atoms with Crippen LogP contribution in [0.15, 0.2) is 24.5 Å². The van der Waals surface area contributed by atoms with Gasteiger partial charge >= 0.3 is 6.03 Å². The molecule has 0 bridgehead atoms. The molecule has 6 nitrogen and oxygen atoms in total. The molecule has 4 rings (SSSR count). The third-order valence-electron chi connectivity index (χ3n) is 5.62. The summed E-state index contributed by atoms with van der Waals surface area (Å²) < 4.78 is 2.11. The van der Waals surface area contributed by atoms with Gasteiger partial charge in [0.05, 0.1) is 5.69 Å². The van der Waals surface area contributed by atoms with Crippen molar-refractivity contribution in [3.8, 4) is 0 Å². The van der Waals surface area contributed by atoms with Crippen molar-refractivity contribution < 1.29 is 4.79 Å². The van der Waals surface area contributed by atoms with Gasteiger partial charge in [0.15, 0.2) is 0 Å². The van der Waals surface area contributed by atoms with Gasteiger partial charge in [-0.05, 0) is 38.3 Å². The van der Waals surface area contributed by atoms with Crippen molar-refractivity contribution in [2.45, 2.75) is 39.3 Å². The van der Waals surface area contributed by atoms with Crippen LogP contribution in [0.5, 0.6) is 0 Å². The predicted octanol–water partition coefficient (Wildman–Crippen LogP) is 2.36. The first kappa shape index (κ1) is 16.4. The van der Waals surface area contributed by atoms with Crippen LogP contribution in [0.3, 0.4) is 0 Å². The Bertz CT molecular complexity index is 762. The van der Waals surface area contributed by atoms with Crippen molar-refractivity contribution in [1.29, 1.82) is 0 Å². The molecule has 6 heteroatoms. The lowest BCUT2D eigenvalue weighted by molar-refractivity contribution is 0.126. The molecule has 0 spiro atoms. The number of aromatic nitrogens is 2. The number of amides is 2. The average Bonchev–Trinajstić information content (AvgIpc) is 3.19. The second kappa shape index (κ2) is 6.67. The highest BCUT2D eigenvalue weighted by Gasteiger charge is 2.34. The van der Waals surface area contributed by atoms with Crippen LogP contribution in [0.25, 0.3) is 5.65 Å². The SMILES string of the molecule is CCN1CCN(C2CCN(Cc3cn4cccc(C)c4n3)CC2)C1=O. The fraction of sp³-hybridized carbons (Fsp3) is 0.579. The molecular weight excluding hydrogens is 314 g/mol. The quantitative estimate of drug-likeness (QED) is 0.857. The molecule has 0 saturated carbocycles. The fourth-order valence-corrected chi connectivity index (χ4v) is 4.13. The Kier molecular flexibility index (Phi) is 4.37. The maximum atomic E-state index is 12.4. The molecule has 2 aliphatic rings. The number of pyridine rings is 1. The van der Waals surface area contributed by atoms with Crippen LogP contribution < -0.4 is 0 Å². The Labute approximate surface area is 149 Å². The third kappa shape index (κ3) is 3.11. The normalized spacial score (nSPS) is 20.2. The zero-order valence-corrected chi connectivity index (χ0v) is 15.2. The molecule has 2 aromatic heterocycles. The Hall–Kier alpha value is -2.08. The van der Waals surface area contributed by atoms with Gasteiger partial charge in [-0.15, -0.1) is 0 Å². The molecule has 2 aromatic rings. The summed E-state index contributed by atoms with van der Waals surface area (Å²) in [5, 5.41) is 0. The lowest BCUT2D eigenvalue weighted by Crippen LogP contribution is -2.46. The molecule has 0 N–H and O–H groups in total. The maximum Gasteiger partial charge on any atom is 0.320 e. The van der Waals surface area contributed by atoms with Gasteiger partial charge in [0, 0.05) is 57.7 Å². The van der Waals surface area contributed by atoms with Crippen molar-refractivity contribution in [3.63, 3.8) is 0 Å². The zero-order chi connectivity index (χ0) is 17.4. The summed E-state index contributed by atoms with van der Waals surface area (Å²) >= 11 is 0. The lowest BCUT2D eigenvalue weighted by Gasteiger charge is -2.36. The molecule has 2 aliphatic heterocycles. The van der Waals surface area contributed by atoms with Gasteiger partial charge in [-0.25, -0.2) is 9.78 Å². The first-order chi connectivity index (χ1) is 12.2. The molecule has 4 heterocycles. The number of hydrogen-bond donors (Lipinski definition) is 0. The third-order valence-corrected chi connectivity index (χ3v) is 5.62. The van der Waals surface area contributed by atoms with Crippen LogP contribution in [0.4, 0.5) is 4.79 Å². The number of fused-ring (bicyclic) bond motifs is 1. The Balaban J connectivity index is 1.36. The molecule has 0 radical (unpaired) electrons. The van der Waals surface area contributed by atoms with Gasteiger partial charge in [0.2, 0.25) is 0 Å². The Morgan fingerprint density at radius 3 is 2.68 bits per heavy atom. The van der Waals surface area contributed by atoms with E-state index in [2.05, 4.69) is 52.6 Å². The van der Waals surface area contributed by atoms with E-state index < -0.39 is 0 Å². The standard InChI is InChI=1S/C19H27N5O/c1-3-22-11-12-24(19(22)25)17-6-9-21(10-7-17)13-16-14-23-8-4-5-15(2)18(23)20-16/h4-5,8,14,17H,3,6-7,9-13H2,1-2H3. The molecule has 2 fully saturated rings. The largest absolute Gasteiger partial charge is 0.323 e. The van der Waals surface area contributed by atoms with Crippen molar-refractivity contribution in [2.75, 3.05) is 32.7 Å². The van der Waals surface area contributed by atoms with E-state index in [4.69, 9.17) is 4.98 Å². The minimum absolute atomic E-state index is 0.233. The van der Waals surface area contributed by atoms with E-state index in [-0.39, 0.29) is 6.03 Å². The summed E-state index contributed by atoms with van der Waals surface area (Å²) in [5.41, 5.74) is 3.39. The van der Waals surface area contributed by atoms with Crippen LogP contribution in [-0.2, 0) is 6.54 Å². The Morgan fingerprint density at radius 1 is 1.20 bits per heavy atom. The van der Waals surface area contributed by atoms with Gasteiger partial charge in [-0.2, -0.15) is 0 Å². The summed E-state index contributed by atoms with van der Waals surface area (Å²) in [6.07, 6.45) is 6.33. The monoisotopic (exact) mass is 341 g/mol. The number of carbonyl (C=O) groups excluding carboxylic acids is 1. The zero-order valence-electron chi connectivity index (χ0n) is 15.2. The van der Waals surface area contributed by atoms with E-state index in [0.29, 0.717) is 6.04 Å². The number of imidazole rings is 1. The highest BCUT2D eigenvalue weighted by atomic mass is 16.2. The van der Waals surface area contributed by atoms with Crippen LogP contribution in [0, 0.1) is 6.92 Å². The van der Waals surface area contributed by atoms with Crippen molar-refractivity contribution in [2.24, 2.45) is 0 Å². The molecule has 2 amide bonds. The molecule has 25 heavy (non-hydrogen) atoms. The topological polar surface area (TPSA) is 44.1 Å². The summed E-state index contributed by atoms with van der Waals surface area (Å²) in [4.78, 5) is 23.7. The fourth-order valence-electron chi connectivity index (χ4n) is 4.13. The van der Waals surface area contributed by atoms with E-state index in [1.807, 2.05) is 4.90 Å². The molecule has 0 unspecified atom stereocenters. The number of hydrogen-bond acceptors (Lipinski definition) is 3. The molecule has 134 valence electrons. The van der Waals surface area contributed by atoms with Gasteiger partial charge in [-0.3, -0.25) is 4.90 Å². The van der Waals surface area contributed by atoms with Gasteiger partial charge in [0.25, 0.3) is 0 Å². The smallest absolute Gasteiger partial charge is 0.320 e. The van der Waals surface area contributed by atoms with E-state index in [0.717, 1.165) is 63.5 Å². The summed E-state index contributed by atoms with van der Waals surface area (Å²) in [7, 11) is 0. The van der Waals surface area contributed by atoms with Crippen LogP contribution >= 0.6 is 0 Å². The molecule has 0 aromatic carbocycles. The highest BCUT2D eigenvalue weighted by Crippen LogP contribution is 2.22. The van der Waals surface area contributed by atoms with Gasteiger partial charge < -0.3 is 14.2 Å². The number of carbonyl (C=O) groups is 1. The predicted molar refractivity (Wildman–Crippen MR) is 97.6 cm³/mol. The van der Waals surface area contributed by atoms with E-state index in [1.165, 1.54) is 5.56 Å². The van der Waals surface area contributed by atoms with Gasteiger partial charge in [-0.1, -0.05) is 6.07 Å². The van der Waals surface area contributed by atoms with E-state index in [9.17, 15) is 4.79 Å². The van der Waals surface area contributed by atoms with E-state index in [1.54, 1.807) is 0 Å². The molecule has 2 saturated heterocycles. The minimum Gasteiger partial charge on any atom is -0.323 e. The maximum absolute atomic E-state index is 12.4. The number of piperidine rings is 1. The first-order valence-electron chi connectivity index (χ1n) is 9.37. The first-order valence-corrected chi connectivity index (χ1v) is 9.37. The van der Waals surface area contributed by atoms with Crippen molar-refractivity contribution in [3.05, 3.63) is 35.8 Å². The highest BCUT2D eigenvalue weighted by molar-refractivity contribution is 5.76. The van der Waals surface area contributed by atoms with Gasteiger partial charge in [0.1, 0.15) is 5.65 Å². The lowest BCUT2D eigenvalue weighted by atomic mass is 10.0. The second-order valence-electron chi connectivity index (χ2n) is 7.22. The number of urea groups is 1. The van der Waals surface area contributed by atoms with Crippen LogP contribution in [-0.4, -0.2) is 68.9 Å². The van der Waals surface area contributed by atoms with Crippen LogP contribution in [0.1, 0.15) is 31.0 Å². The average molecular weight is 341 g/mol. The number of likely N-dealkylation sites (N-methyl/N-ethyl adjacent to an activating group) is 1. The number of nitrogens with zero attached hydrogens (tertiary/aromatic N) is 5. The summed E-state index contributed by atoms with van der Waals surface area (Å²) in [5.74, 6) is 0. The number of likely N-dealkylation sites (tertiary alicyclic amines) is 1. The number of aryl methyl sites for hydroxylation is 1.